The highest BCUT2D eigenvalue weighted by Gasteiger charge is 1.81. The zero-order valence-corrected chi connectivity index (χ0v) is 6.46. The monoisotopic (exact) mass is 138 g/mol. The molecular weight excluding hydrogens is 124 g/mol. The third-order valence-corrected chi connectivity index (χ3v) is 1.04. The van der Waals surface area contributed by atoms with Crippen LogP contribution >= 0.6 is 0 Å². The molecule has 0 saturated carbocycles. The van der Waals surface area contributed by atoms with Gasteiger partial charge < -0.3 is 11.5 Å². The molecule has 0 heterocycles. The molecule has 1 aromatic rings. The molecule has 1 aromatic carbocycles. The third-order valence-electron chi connectivity index (χ3n) is 1.04. The SMILES string of the molecule is CN.Cc1cccc(N)c1. The highest BCUT2D eigenvalue weighted by Crippen LogP contribution is 2.03. The fourth-order valence-electron chi connectivity index (χ4n) is 0.670. The van der Waals surface area contributed by atoms with E-state index in [0.717, 1.165) is 5.69 Å². The summed E-state index contributed by atoms with van der Waals surface area (Å²) >= 11 is 0. The van der Waals surface area contributed by atoms with Gasteiger partial charge in [0, 0.05) is 5.69 Å². The molecule has 0 fully saturated rings. The predicted molar refractivity (Wildman–Crippen MR) is 45.7 cm³/mol. The summed E-state index contributed by atoms with van der Waals surface area (Å²) in [5.41, 5.74) is 12.0. The Morgan fingerprint density at radius 3 is 2.10 bits per heavy atom. The van der Waals surface area contributed by atoms with Crippen LogP contribution in [0.3, 0.4) is 0 Å². The molecule has 0 aliphatic carbocycles. The molecule has 0 saturated heterocycles. The fraction of sp³-hybridized carbons (Fsp3) is 0.250. The minimum atomic E-state index is 0.838. The zero-order chi connectivity index (χ0) is 7.98. The van der Waals surface area contributed by atoms with Gasteiger partial charge in [0.1, 0.15) is 0 Å². The summed E-state index contributed by atoms with van der Waals surface area (Å²) in [7, 11) is 1.50. The molecule has 0 spiro atoms. The van der Waals surface area contributed by atoms with Crippen molar-refractivity contribution in [2.45, 2.75) is 6.92 Å². The molecule has 0 radical (unpaired) electrons. The lowest BCUT2D eigenvalue weighted by atomic mass is 10.2. The molecule has 4 N–H and O–H groups in total. The van der Waals surface area contributed by atoms with E-state index in [1.165, 1.54) is 12.6 Å². The van der Waals surface area contributed by atoms with Crippen molar-refractivity contribution < 1.29 is 0 Å². The van der Waals surface area contributed by atoms with E-state index in [9.17, 15) is 0 Å². The average molecular weight is 138 g/mol. The van der Waals surface area contributed by atoms with Crippen LogP contribution in [-0.4, -0.2) is 7.05 Å². The molecule has 0 atom stereocenters. The number of nitrogen functional groups attached to an aromatic ring is 1. The second-order valence-corrected chi connectivity index (χ2v) is 1.91. The molecular formula is C8H14N2. The topological polar surface area (TPSA) is 52.0 Å². The van der Waals surface area contributed by atoms with Gasteiger partial charge in [-0.1, -0.05) is 12.1 Å². The highest BCUT2D eigenvalue weighted by molar-refractivity contribution is 5.39. The molecule has 0 bridgehead atoms. The highest BCUT2D eigenvalue weighted by atomic mass is 14.5. The summed E-state index contributed by atoms with van der Waals surface area (Å²) in [6.07, 6.45) is 0. The van der Waals surface area contributed by atoms with E-state index in [1.54, 1.807) is 0 Å². The van der Waals surface area contributed by atoms with E-state index in [2.05, 4.69) is 5.73 Å². The van der Waals surface area contributed by atoms with Crippen LogP contribution < -0.4 is 11.5 Å². The fourth-order valence-corrected chi connectivity index (χ4v) is 0.670. The van der Waals surface area contributed by atoms with E-state index in [-0.39, 0.29) is 0 Å². The van der Waals surface area contributed by atoms with Gasteiger partial charge in [0.15, 0.2) is 0 Å². The number of aryl methyl sites for hydroxylation is 1. The molecule has 0 unspecified atom stereocenters. The number of hydrogen-bond acceptors (Lipinski definition) is 2. The zero-order valence-electron chi connectivity index (χ0n) is 6.46. The Morgan fingerprint density at radius 2 is 1.80 bits per heavy atom. The first-order chi connectivity index (χ1) is 4.79. The second-order valence-electron chi connectivity index (χ2n) is 1.91. The lowest BCUT2D eigenvalue weighted by Crippen LogP contribution is -1.82. The first-order valence-corrected chi connectivity index (χ1v) is 3.19. The summed E-state index contributed by atoms with van der Waals surface area (Å²) in [5, 5.41) is 0. The first kappa shape index (κ1) is 8.98. The summed E-state index contributed by atoms with van der Waals surface area (Å²) in [6.45, 7) is 2.02. The summed E-state index contributed by atoms with van der Waals surface area (Å²) < 4.78 is 0. The van der Waals surface area contributed by atoms with Crippen molar-refractivity contribution in [2.75, 3.05) is 12.8 Å². The molecule has 0 aliphatic heterocycles. The normalized spacial score (nSPS) is 7.90. The van der Waals surface area contributed by atoms with E-state index in [4.69, 9.17) is 5.73 Å². The standard InChI is InChI=1S/C7H9N.CH5N/c1-6-3-2-4-7(8)5-6;1-2/h2-5H,8H2,1H3;2H2,1H3. The Labute approximate surface area is 61.8 Å². The minimum Gasteiger partial charge on any atom is -0.399 e. The van der Waals surface area contributed by atoms with Crippen LogP contribution in [0.15, 0.2) is 24.3 Å². The Morgan fingerprint density at radius 1 is 1.20 bits per heavy atom. The number of benzene rings is 1. The van der Waals surface area contributed by atoms with E-state index in [1.807, 2.05) is 31.2 Å². The van der Waals surface area contributed by atoms with Gasteiger partial charge in [0.25, 0.3) is 0 Å². The van der Waals surface area contributed by atoms with Crippen LogP contribution in [0.1, 0.15) is 5.56 Å². The van der Waals surface area contributed by atoms with Crippen LogP contribution in [0.2, 0.25) is 0 Å². The predicted octanol–water partition coefficient (Wildman–Crippen LogP) is 1.15. The second kappa shape index (κ2) is 4.82. The van der Waals surface area contributed by atoms with Crippen molar-refractivity contribution >= 4 is 5.69 Å². The van der Waals surface area contributed by atoms with Crippen molar-refractivity contribution in [3.05, 3.63) is 29.8 Å². The first-order valence-electron chi connectivity index (χ1n) is 3.19. The molecule has 56 valence electrons. The Kier molecular flexibility index (Phi) is 4.33. The van der Waals surface area contributed by atoms with Gasteiger partial charge in [-0.3, -0.25) is 0 Å². The maximum Gasteiger partial charge on any atom is 0.0316 e. The lowest BCUT2D eigenvalue weighted by Gasteiger charge is -1.91. The Hall–Kier alpha value is -1.02. The van der Waals surface area contributed by atoms with E-state index >= 15 is 0 Å². The quantitative estimate of drug-likeness (QED) is 0.528. The molecule has 2 heteroatoms. The van der Waals surface area contributed by atoms with Gasteiger partial charge in [-0.2, -0.15) is 0 Å². The molecule has 10 heavy (non-hydrogen) atoms. The minimum absolute atomic E-state index is 0.838. The van der Waals surface area contributed by atoms with Gasteiger partial charge >= 0.3 is 0 Å². The van der Waals surface area contributed by atoms with Gasteiger partial charge in [0.05, 0.1) is 0 Å². The Balaban J connectivity index is 0.000000371. The molecule has 0 amide bonds. The maximum absolute atomic E-state index is 5.46. The summed E-state index contributed by atoms with van der Waals surface area (Å²) in [6, 6.07) is 7.80. The lowest BCUT2D eigenvalue weighted by molar-refractivity contribution is 1.47. The molecule has 0 aromatic heterocycles. The van der Waals surface area contributed by atoms with Gasteiger partial charge in [-0.15, -0.1) is 0 Å². The molecule has 0 aliphatic rings. The van der Waals surface area contributed by atoms with Gasteiger partial charge in [-0.05, 0) is 31.7 Å². The number of hydrogen-bond donors (Lipinski definition) is 2. The van der Waals surface area contributed by atoms with Crippen LogP contribution in [0, 0.1) is 6.92 Å². The largest absolute Gasteiger partial charge is 0.399 e. The number of anilines is 1. The summed E-state index contributed by atoms with van der Waals surface area (Å²) in [4.78, 5) is 0. The van der Waals surface area contributed by atoms with Gasteiger partial charge in [0.2, 0.25) is 0 Å². The average Bonchev–Trinajstić information content (AvgIpc) is 1.91. The maximum atomic E-state index is 5.46. The van der Waals surface area contributed by atoms with E-state index < -0.39 is 0 Å². The Bertz CT molecular complexity index is 167. The van der Waals surface area contributed by atoms with Crippen molar-refractivity contribution in [1.82, 2.24) is 0 Å². The van der Waals surface area contributed by atoms with Crippen molar-refractivity contribution in [3.63, 3.8) is 0 Å². The van der Waals surface area contributed by atoms with E-state index in [0.29, 0.717) is 0 Å². The van der Waals surface area contributed by atoms with Crippen LogP contribution in [0.25, 0.3) is 0 Å². The molecule has 2 nitrogen and oxygen atoms in total. The van der Waals surface area contributed by atoms with Crippen LogP contribution in [0.4, 0.5) is 5.69 Å². The van der Waals surface area contributed by atoms with Crippen molar-refractivity contribution in [2.24, 2.45) is 5.73 Å². The van der Waals surface area contributed by atoms with Crippen LogP contribution in [-0.2, 0) is 0 Å². The van der Waals surface area contributed by atoms with Crippen LogP contribution in [0.5, 0.6) is 0 Å². The third kappa shape index (κ3) is 3.10. The van der Waals surface area contributed by atoms with Crippen molar-refractivity contribution in [3.8, 4) is 0 Å². The van der Waals surface area contributed by atoms with Gasteiger partial charge in [-0.25, -0.2) is 0 Å². The number of rotatable bonds is 0. The summed E-state index contributed by atoms with van der Waals surface area (Å²) in [5.74, 6) is 0. The van der Waals surface area contributed by atoms with Crippen molar-refractivity contribution in [1.29, 1.82) is 0 Å². The smallest absolute Gasteiger partial charge is 0.0316 e. The molecule has 1 rings (SSSR count). The number of nitrogens with two attached hydrogens (primary N) is 2.